The van der Waals surface area contributed by atoms with Crippen molar-refractivity contribution >= 4 is 6.16 Å². The van der Waals surface area contributed by atoms with Crippen LogP contribution in [0.2, 0.25) is 0 Å². The second-order valence-corrected chi connectivity index (χ2v) is 6.10. The van der Waals surface area contributed by atoms with E-state index in [1.54, 1.807) is 0 Å². The Kier molecular flexibility index (Phi) is 6.58. The van der Waals surface area contributed by atoms with Crippen molar-refractivity contribution in [3.05, 3.63) is 0 Å². The minimum atomic E-state index is -1.15. The summed E-state index contributed by atoms with van der Waals surface area (Å²) in [5.74, 6) is 0. The summed E-state index contributed by atoms with van der Waals surface area (Å²) in [6.45, 7) is 10.5. The predicted octanol–water partition coefficient (Wildman–Crippen LogP) is 4.85. The highest BCUT2D eigenvalue weighted by molar-refractivity contribution is 5.57. The molecule has 17 heavy (non-hydrogen) atoms. The molecule has 0 saturated heterocycles. The van der Waals surface area contributed by atoms with Gasteiger partial charge >= 0.3 is 6.16 Å². The molecule has 0 aliphatic rings. The summed E-state index contributed by atoms with van der Waals surface area (Å²) in [6, 6.07) is 0. The van der Waals surface area contributed by atoms with E-state index in [9.17, 15) is 4.79 Å². The van der Waals surface area contributed by atoms with Crippen LogP contribution in [-0.2, 0) is 4.74 Å². The topological polar surface area (TPSA) is 46.5 Å². The molecule has 0 saturated carbocycles. The average molecular weight is 244 g/mol. The van der Waals surface area contributed by atoms with Gasteiger partial charge in [0.05, 0.1) is 0 Å². The highest BCUT2D eigenvalue weighted by Crippen LogP contribution is 2.36. The summed E-state index contributed by atoms with van der Waals surface area (Å²) >= 11 is 0. The zero-order chi connectivity index (χ0) is 13.5. The Labute approximate surface area is 106 Å². The number of hydrogen-bond donors (Lipinski definition) is 1. The summed E-state index contributed by atoms with van der Waals surface area (Å²) in [5.41, 5.74) is -0.420. The van der Waals surface area contributed by atoms with Crippen molar-refractivity contribution in [1.82, 2.24) is 0 Å². The molecule has 0 amide bonds. The van der Waals surface area contributed by atoms with Gasteiger partial charge in [0.2, 0.25) is 0 Å². The fraction of sp³-hybridized carbons (Fsp3) is 0.929. The molecular formula is C14H28O3. The first-order chi connectivity index (χ1) is 7.74. The van der Waals surface area contributed by atoms with Crippen LogP contribution < -0.4 is 0 Å². The Balaban J connectivity index is 4.68. The van der Waals surface area contributed by atoms with Gasteiger partial charge in [-0.25, -0.2) is 4.79 Å². The standard InChI is InChI=1S/C14H28O3/c1-6-8-9-10-14(7-2,17-12(15)16)11-13(3,4)5/h6-11H2,1-5H3,(H,15,16). The van der Waals surface area contributed by atoms with Crippen LogP contribution in [0.3, 0.4) is 0 Å². The number of rotatable bonds is 7. The van der Waals surface area contributed by atoms with E-state index in [0.717, 1.165) is 38.5 Å². The largest absolute Gasteiger partial charge is 0.506 e. The predicted molar refractivity (Wildman–Crippen MR) is 70.3 cm³/mol. The van der Waals surface area contributed by atoms with Gasteiger partial charge in [-0.15, -0.1) is 0 Å². The number of unbranched alkanes of at least 4 members (excludes halogenated alkanes) is 2. The molecule has 102 valence electrons. The maximum absolute atomic E-state index is 10.9. The molecule has 0 rings (SSSR count). The van der Waals surface area contributed by atoms with E-state index in [1.165, 1.54) is 0 Å². The Bertz CT molecular complexity index is 230. The molecule has 0 aromatic carbocycles. The van der Waals surface area contributed by atoms with Gasteiger partial charge in [0.25, 0.3) is 0 Å². The Morgan fingerprint density at radius 3 is 2.12 bits per heavy atom. The first-order valence-electron chi connectivity index (χ1n) is 6.66. The van der Waals surface area contributed by atoms with Crippen LogP contribution in [0.5, 0.6) is 0 Å². The quantitative estimate of drug-likeness (QED) is 0.514. The molecule has 0 radical (unpaired) electrons. The molecule has 1 unspecified atom stereocenters. The highest BCUT2D eigenvalue weighted by atomic mass is 16.7. The summed E-state index contributed by atoms with van der Waals surface area (Å²) in [6.07, 6.45) is 4.53. The van der Waals surface area contributed by atoms with Gasteiger partial charge in [-0.05, 0) is 31.1 Å². The fourth-order valence-corrected chi connectivity index (χ4v) is 2.40. The van der Waals surface area contributed by atoms with E-state index in [0.29, 0.717) is 0 Å². The molecule has 0 spiro atoms. The number of carbonyl (C=O) groups is 1. The lowest BCUT2D eigenvalue weighted by Gasteiger charge is -2.37. The molecule has 0 bridgehead atoms. The average Bonchev–Trinajstić information content (AvgIpc) is 2.14. The number of carboxylic acid groups (broad SMARTS) is 1. The van der Waals surface area contributed by atoms with E-state index in [1.807, 2.05) is 6.92 Å². The Hall–Kier alpha value is -0.730. The van der Waals surface area contributed by atoms with E-state index in [2.05, 4.69) is 27.7 Å². The fourth-order valence-electron chi connectivity index (χ4n) is 2.40. The Morgan fingerprint density at radius 1 is 1.18 bits per heavy atom. The van der Waals surface area contributed by atoms with Crippen molar-refractivity contribution < 1.29 is 14.6 Å². The van der Waals surface area contributed by atoms with Crippen molar-refractivity contribution in [2.45, 2.75) is 78.7 Å². The maximum atomic E-state index is 10.9. The van der Waals surface area contributed by atoms with Crippen molar-refractivity contribution in [1.29, 1.82) is 0 Å². The van der Waals surface area contributed by atoms with Gasteiger partial charge in [-0.3, -0.25) is 0 Å². The molecule has 0 aliphatic carbocycles. The third-order valence-corrected chi connectivity index (χ3v) is 3.04. The van der Waals surface area contributed by atoms with Crippen LogP contribution >= 0.6 is 0 Å². The second kappa shape index (κ2) is 6.87. The lowest BCUT2D eigenvalue weighted by molar-refractivity contribution is -0.0510. The third kappa shape index (κ3) is 7.24. The molecule has 0 aliphatic heterocycles. The maximum Gasteiger partial charge on any atom is 0.506 e. The minimum absolute atomic E-state index is 0.0810. The van der Waals surface area contributed by atoms with Gasteiger partial charge in [-0.1, -0.05) is 47.5 Å². The first-order valence-corrected chi connectivity index (χ1v) is 6.66. The van der Waals surface area contributed by atoms with E-state index in [-0.39, 0.29) is 5.41 Å². The lowest BCUT2D eigenvalue weighted by atomic mass is 9.77. The molecular weight excluding hydrogens is 216 g/mol. The normalized spacial score (nSPS) is 15.4. The number of hydrogen-bond acceptors (Lipinski definition) is 2. The van der Waals surface area contributed by atoms with Crippen LogP contribution in [0.4, 0.5) is 4.79 Å². The monoisotopic (exact) mass is 244 g/mol. The van der Waals surface area contributed by atoms with Crippen LogP contribution in [0, 0.1) is 5.41 Å². The third-order valence-electron chi connectivity index (χ3n) is 3.04. The van der Waals surface area contributed by atoms with Crippen molar-refractivity contribution in [3.8, 4) is 0 Å². The summed E-state index contributed by atoms with van der Waals surface area (Å²) in [7, 11) is 0. The van der Waals surface area contributed by atoms with Crippen molar-refractivity contribution in [2.24, 2.45) is 5.41 Å². The van der Waals surface area contributed by atoms with Crippen molar-refractivity contribution in [2.75, 3.05) is 0 Å². The van der Waals surface area contributed by atoms with Gasteiger partial charge < -0.3 is 9.84 Å². The first kappa shape index (κ1) is 16.3. The number of ether oxygens (including phenoxy) is 1. The zero-order valence-electron chi connectivity index (χ0n) is 12.0. The van der Waals surface area contributed by atoms with Gasteiger partial charge in [0.15, 0.2) is 0 Å². The molecule has 1 N–H and O–H groups in total. The van der Waals surface area contributed by atoms with Crippen LogP contribution in [-0.4, -0.2) is 16.9 Å². The minimum Gasteiger partial charge on any atom is -0.450 e. The Morgan fingerprint density at radius 2 is 1.76 bits per heavy atom. The van der Waals surface area contributed by atoms with Gasteiger partial charge in [0, 0.05) is 0 Å². The summed E-state index contributed by atoms with van der Waals surface area (Å²) in [4.78, 5) is 10.9. The SMILES string of the molecule is CCCCCC(CC)(CC(C)(C)C)OC(=O)O. The van der Waals surface area contributed by atoms with E-state index >= 15 is 0 Å². The van der Waals surface area contributed by atoms with Gasteiger partial charge in [-0.2, -0.15) is 0 Å². The second-order valence-electron chi connectivity index (χ2n) is 6.10. The van der Waals surface area contributed by atoms with Crippen LogP contribution in [0.25, 0.3) is 0 Å². The lowest BCUT2D eigenvalue weighted by Crippen LogP contribution is -2.38. The van der Waals surface area contributed by atoms with E-state index in [4.69, 9.17) is 9.84 Å². The van der Waals surface area contributed by atoms with Crippen molar-refractivity contribution in [3.63, 3.8) is 0 Å². The van der Waals surface area contributed by atoms with E-state index < -0.39 is 11.8 Å². The highest BCUT2D eigenvalue weighted by Gasteiger charge is 2.36. The molecule has 3 heteroatoms. The van der Waals surface area contributed by atoms with Crippen LogP contribution in [0.15, 0.2) is 0 Å². The van der Waals surface area contributed by atoms with Crippen LogP contribution in [0.1, 0.15) is 73.1 Å². The molecule has 0 heterocycles. The van der Waals surface area contributed by atoms with Gasteiger partial charge in [0.1, 0.15) is 5.60 Å². The molecule has 0 aromatic rings. The molecule has 0 fully saturated rings. The molecule has 1 atom stereocenters. The summed E-state index contributed by atoms with van der Waals surface area (Å²) in [5, 5.41) is 8.91. The smallest absolute Gasteiger partial charge is 0.450 e. The molecule has 0 aromatic heterocycles. The summed E-state index contributed by atoms with van der Waals surface area (Å²) < 4.78 is 5.23. The zero-order valence-corrected chi connectivity index (χ0v) is 12.0. The molecule has 3 nitrogen and oxygen atoms in total.